The van der Waals surface area contributed by atoms with Gasteiger partial charge in [0.2, 0.25) is 0 Å². The second-order valence-electron chi connectivity index (χ2n) is 10.0. The molecule has 0 aliphatic carbocycles. The second kappa shape index (κ2) is 9.07. The van der Waals surface area contributed by atoms with Gasteiger partial charge in [0.1, 0.15) is 0 Å². The minimum atomic E-state index is -3.69. The molecule has 0 aliphatic rings. The summed E-state index contributed by atoms with van der Waals surface area (Å²) in [6, 6.07) is 19.2. The van der Waals surface area contributed by atoms with Gasteiger partial charge in [-0.25, -0.2) is 0 Å². The van der Waals surface area contributed by atoms with E-state index in [0.29, 0.717) is 0 Å². The van der Waals surface area contributed by atoms with Crippen LogP contribution >= 0.6 is 11.3 Å². The molecule has 0 fully saturated rings. The summed E-state index contributed by atoms with van der Waals surface area (Å²) in [6.45, 7) is 20.8. The number of rotatable bonds is 4. The molecule has 4 aromatic rings. The number of thiophene rings is 1. The van der Waals surface area contributed by atoms with Crippen molar-refractivity contribution in [3.05, 3.63) is 104 Å². The molecule has 4 rings (SSSR count). The first kappa shape index (κ1) is 24.3. The Hall–Kier alpha value is -1.84. The van der Waals surface area contributed by atoms with Crippen molar-refractivity contribution in [1.29, 1.82) is 0 Å². The van der Waals surface area contributed by atoms with Crippen molar-refractivity contribution >= 4 is 43.3 Å². The van der Waals surface area contributed by atoms with Crippen molar-refractivity contribution in [1.82, 2.24) is 0 Å². The maximum absolute atomic E-state index is 3.69. The van der Waals surface area contributed by atoms with Crippen molar-refractivity contribution in [2.75, 3.05) is 0 Å². The Kier molecular flexibility index (Phi) is 6.68. The van der Waals surface area contributed by atoms with Crippen molar-refractivity contribution < 1.29 is 0 Å². The standard InChI is InChI=1S/3C9H11.C4H3S.Sn/c3*1-7-4-8(2)6-9(3)5-7;1-2-4-5-3-1;/h3*4-5H,1-3H3;1-3H;. The molecule has 0 nitrogen and oxygen atoms in total. The van der Waals surface area contributed by atoms with Crippen LogP contribution in [0.15, 0.2) is 53.9 Å². The fraction of sp³-hybridized carbons (Fsp3) is 0.290. The van der Waals surface area contributed by atoms with Crippen LogP contribution in [0.25, 0.3) is 0 Å². The van der Waals surface area contributed by atoms with E-state index in [-0.39, 0.29) is 0 Å². The second-order valence-corrected chi connectivity index (χ2v) is 22.1. The van der Waals surface area contributed by atoms with E-state index >= 15 is 0 Å². The molecule has 1 aromatic heterocycles. The van der Waals surface area contributed by atoms with E-state index < -0.39 is 18.4 Å². The third-order valence-corrected chi connectivity index (χ3v) is 26.6. The summed E-state index contributed by atoms with van der Waals surface area (Å²) in [5.41, 5.74) is 12.8. The molecule has 0 radical (unpaired) electrons. The van der Waals surface area contributed by atoms with Gasteiger partial charge < -0.3 is 0 Å². The molecule has 0 bridgehead atoms. The van der Waals surface area contributed by atoms with Gasteiger partial charge in [-0.15, -0.1) is 0 Å². The van der Waals surface area contributed by atoms with Gasteiger partial charge in [-0.1, -0.05) is 0 Å². The summed E-state index contributed by atoms with van der Waals surface area (Å²) < 4.78 is 6.52. The van der Waals surface area contributed by atoms with Crippen LogP contribution in [0.1, 0.15) is 50.1 Å². The number of hydrogen-bond donors (Lipinski definition) is 0. The third kappa shape index (κ3) is 4.02. The van der Waals surface area contributed by atoms with Gasteiger partial charge in [-0.3, -0.25) is 0 Å². The fourth-order valence-electron chi connectivity index (χ4n) is 6.55. The topological polar surface area (TPSA) is 0 Å². The normalized spacial score (nSPS) is 11.8. The molecule has 170 valence electrons. The van der Waals surface area contributed by atoms with Gasteiger partial charge in [-0.05, 0) is 0 Å². The number of aryl methyl sites for hydroxylation is 9. The molecule has 1 heterocycles. The zero-order valence-electron chi connectivity index (χ0n) is 21.6. The zero-order chi connectivity index (χ0) is 24.1. The Bertz CT molecular complexity index is 1130. The van der Waals surface area contributed by atoms with E-state index in [2.05, 4.69) is 116 Å². The van der Waals surface area contributed by atoms with Crippen molar-refractivity contribution in [2.24, 2.45) is 0 Å². The molecule has 3 aromatic carbocycles. The van der Waals surface area contributed by atoms with E-state index in [4.69, 9.17) is 0 Å². The summed E-state index contributed by atoms with van der Waals surface area (Å²) in [6.07, 6.45) is 0. The van der Waals surface area contributed by atoms with Crippen LogP contribution < -0.4 is 13.6 Å². The molecular weight excluding hydrogens is 523 g/mol. The summed E-state index contributed by atoms with van der Waals surface area (Å²) in [5, 5.41) is 2.29. The monoisotopic (exact) mass is 560 g/mol. The zero-order valence-corrected chi connectivity index (χ0v) is 25.3. The van der Waals surface area contributed by atoms with Gasteiger partial charge in [0.05, 0.1) is 0 Å². The molecule has 2 heteroatoms. The van der Waals surface area contributed by atoms with Crippen LogP contribution in [0.5, 0.6) is 0 Å². The molecule has 0 saturated heterocycles. The van der Waals surface area contributed by atoms with Crippen LogP contribution in [0.3, 0.4) is 0 Å². The van der Waals surface area contributed by atoms with Crippen LogP contribution in [-0.2, 0) is 0 Å². The number of hydrogen-bond acceptors (Lipinski definition) is 1. The molecule has 0 amide bonds. The third-order valence-electron chi connectivity index (χ3n) is 7.05. The Balaban J connectivity index is 2.35. The van der Waals surface area contributed by atoms with E-state index in [1.807, 2.05) is 11.3 Å². The average Bonchev–Trinajstić information content (AvgIpc) is 3.20. The summed E-state index contributed by atoms with van der Waals surface area (Å²) in [7, 11) is 0. The fourth-order valence-corrected chi connectivity index (χ4v) is 27.9. The Morgan fingerprint density at radius 1 is 0.485 bits per heavy atom. The van der Waals surface area contributed by atoms with Gasteiger partial charge in [0.25, 0.3) is 0 Å². The van der Waals surface area contributed by atoms with Crippen LogP contribution in [-0.4, -0.2) is 18.4 Å². The van der Waals surface area contributed by atoms with Gasteiger partial charge in [0.15, 0.2) is 0 Å². The predicted octanol–water partition coefficient (Wildman–Crippen LogP) is 5.90. The first-order valence-electron chi connectivity index (χ1n) is 11.9. The first-order chi connectivity index (χ1) is 15.6. The molecule has 33 heavy (non-hydrogen) atoms. The SMILES string of the molecule is Cc1cc(C)[c]([Sn]([c]2cccs2)([c]2c(C)cc(C)cc2C)[c]2c(C)cc(C)cc2C)c(C)c1. The summed E-state index contributed by atoms with van der Waals surface area (Å²) in [4.78, 5) is 0. The molecular formula is C31H36SSn. The van der Waals surface area contributed by atoms with Gasteiger partial charge in [-0.2, -0.15) is 0 Å². The van der Waals surface area contributed by atoms with Gasteiger partial charge >= 0.3 is 210 Å². The van der Waals surface area contributed by atoms with E-state index in [1.165, 1.54) is 50.1 Å². The van der Waals surface area contributed by atoms with Crippen molar-refractivity contribution in [2.45, 2.75) is 62.3 Å². The molecule has 0 unspecified atom stereocenters. The van der Waals surface area contributed by atoms with Crippen molar-refractivity contribution in [3.8, 4) is 0 Å². The van der Waals surface area contributed by atoms with E-state index in [9.17, 15) is 0 Å². The Morgan fingerprint density at radius 3 is 1.03 bits per heavy atom. The van der Waals surface area contributed by atoms with Gasteiger partial charge in [0, 0.05) is 0 Å². The van der Waals surface area contributed by atoms with Crippen LogP contribution in [0.2, 0.25) is 0 Å². The van der Waals surface area contributed by atoms with Crippen molar-refractivity contribution in [3.63, 3.8) is 0 Å². The quantitative estimate of drug-likeness (QED) is 0.273. The predicted molar refractivity (Wildman–Crippen MR) is 151 cm³/mol. The Labute approximate surface area is 208 Å². The van der Waals surface area contributed by atoms with Crippen LogP contribution in [0, 0.1) is 62.3 Å². The number of benzene rings is 3. The maximum atomic E-state index is 2.44. The molecule has 0 aliphatic heterocycles. The molecule has 0 N–H and O–H groups in total. The first-order valence-corrected chi connectivity index (χ1v) is 18.4. The molecule has 0 saturated carbocycles. The minimum absolute atomic E-state index is 1.36. The molecule has 0 atom stereocenters. The summed E-state index contributed by atoms with van der Waals surface area (Å²) >= 11 is -1.72. The van der Waals surface area contributed by atoms with Crippen LogP contribution in [0.4, 0.5) is 0 Å². The average molecular weight is 559 g/mol. The molecule has 0 spiro atoms. The van der Waals surface area contributed by atoms with E-state index in [1.54, 1.807) is 13.6 Å². The van der Waals surface area contributed by atoms with E-state index in [0.717, 1.165) is 0 Å². The Morgan fingerprint density at radius 2 is 0.788 bits per heavy atom. The summed E-state index contributed by atoms with van der Waals surface area (Å²) in [5.74, 6) is 0.